The van der Waals surface area contributed by atoms with Crippen molar-refractivity contribution >= 4 is 34.9 Å². The van der Waals surface area contributed by atoms with E-state index >= 15 is 0 Å². The van der Waals surface area contributed by atoms with Crippen molar-refractivity contribution in [1.29, 1.82) is 0 Å². The van der Waals surface area contributed by atoms with E-state index in [-0.39, 0.29) is 6.03 Å². The predicted octanol–water partition coefficient (Wildman–Crippen LogP) is 3.92. The van der Waals surface area contributed by atoms with Gasteiger partial charge in [-0.2, -0.15) is 0 Å². The molecule has 3 nitrogen and oxygen atoms in total. The monoisotopic (exact) mass is 284 g/mol. The number of unbranched alkanes of at least 4 members (excludes halogenated alkanes) is 2. The first-order chi connectivity index (χ1) is 8.63. The molecule has 0 unspecified atom stereocenters. The summed E-state index contributed by atoms with van der Waals surface area (Å²) in [7, 11) is 0. The number of amides is 2. The van der Waals surface area contributed by atoms with Gasteiger partial charge in [-0.3, -0.25) is 0 Å². The number of benzene rings is 1. The molecule has 0 saturated carbocycles. The molecule has 0 saturated heterocycles. The highest BCUT2D eigenvalue weighted by Crippen LogP contribution is 2.24. The van der Waals surface area contributed by atoms with Gasteiger partial charge in [0.05, 0.1) is 10.0 Å². The summed E-state index contributed by atoms with van der Waals surface area (Å²) in [4.78, 5) is 11.5. The summed E-state index contributed by atoms with van der Waals surface area (Å²) in [6.07, 6.45) is 7.62. The molecule has 1 aromatic carbocycles. The maximum atomic E-state index is 11.5. The summed E-state index contributed by atoms with van der Waals surface area (Å²) in [5, 5.41) is 6.26. The van der Waals surface area contributed by atoms with Crippen molar-refractivity contribution in [3.05, 3.63) is 28.2 Å². The molecule has 96 valence electrons. The highest BCUT2D eigenvalue weighted by Gasteiger charge is 2.03. The van der Waals surface area contributed by atoms with Gasteiger partial charge in [-0.1, -0.05) is 23.2 Å². The van der Waals surface area contributed by atoms with E-state index in [9.17, 15) is 4.79 Å². The Balaban J connectivity index is 2.31. The molecule has 0 radical (unpaired) electrons. The molecule has 0 spiro atoms. The molecule has 0 fully saturated rings. The highest BCUT2D eigenvalue weighted by molar-refractivity contribution is 6.42. The SMILES string of the molecule is C#CCCCCNC(=O)Nc1ccc(Cl)c(Cl)c1. The number of carbonyl (C=O) groups excluding carboxylic acids is 1. The maximum Gasteiger partial charge on any atom is 0.319 e. The zero-order valence-corrected chi connectivity index (χ0v) is 11.3. The molecule has 2 amide bonds. The van der Waals surface area contributed by atoms with Crippen LogP contribution in [0.4, 0.5) is 10.5 Å². The predicted molar refractivity (Wildman–Crippen MR) is 76.2 cm³/mol. The number of carbonyl (C=O) groups is 1. The molecule has 0 bridgehead atoms. The molecule has 0 atom stereocenters. The Morgan fingerprint density at radius 3 is 2.72 bits per heavy atom. The average molecular weight is 285 g/mol. The van der Waals surface area contributed by atoms with Crippen LogP contribution in [0.1, 0.15) is 19.3 Å². The van der Waals surface area contributed by atoms with Gasteiger partial charge in [0, 0.05) is 18.7 Å². The van der Waals surface area contributed by atoms with Gasteiger partial charge >= 0.3 is 6.03 Å². The smallest absolute Gasteiger partial charge is 0.319 e. The third kappa shape index (κ3) is 5.31. The van der Waals surface area contributed by atoms with E-state index in [0.29, 0.717) is 22.3 Å². The van der Waals surface area contributed by atoms with Crippen LogP contribution in [0.2, 0.25) is 10.0 Å². The summed E-state index contributed by atoms with van der Waals surface area (Å²) in [6.45, 7) is 0.592. The average Bonchev–Trinajstić information content (AvgIpc) is 2.34. The first-order valence-corrected chi connectivity index (χ1v) is 6.32. The third-order valence-electron chi connectivity index (χ3n) is 2.21. The molecule has 18 heavy (non-hydrogen) atoms. The minimum absolute atomic E-state index is 0.269. The van der Waals surface area contributed by atoms with Crippen molar-refractivity contribution in [2.45, 2.75) is 19.3 Å². The minimum Gasteiger partial charge on any atom is -0.338 e. The lowest BCUT2D eigenvalue weighted by Crippen LogP contribution is -2.29. The molecule has 1 rings (SSSR count). The fourth-order valence-corrected chi connectivity index (χ4v) is 1.60. The van der Waals surface area contributed by atoms with Crippen LogP contribution in [0.25, 0.3) is 0 Å². The van der Waals surface area contributed by atoms with E-state index in [4.69, 9.17) is 29.6 Å². The minimum atomic E-state index is -0.269. The Kier molecular flexibility index (Phi) is 6.42. The van der Waals surface area contributed by atoms with Crippen LogP contribution in [0.3, 0.4) is 0 Å². The van der Waals surface area contributed by atoms with E-state index in [1.165, 1.54) is 0 Å². The Bertz CT molecular complexity index is 455. The molecular formula is C13H14Cl2N2O. The first-order valence-electron chi connectivity index (χ1n) is 5.57. The Labute approximate surface area is 117 Å². The number of halogens is 2. The first kappa shape index (κ1) is 14.7. The number of rotatable bonds is 5. The van der Waals surface area contributed by atoms with Crippen LogP contribution in [0, 0.1) is 12.3 Å². The van der Waals surface area contributed by atoms with Crippen molar-refractivity contribution in [3.8, 4) is 12.3 Å². The van der Waals surface area contributed by atoms with Crippen LogP contribution in [0.15, 0.2) is 18.2 Å². The van der Waals surface area contributed by atoms with Crippen LogP contribution in [-0.4, -0.2) is 12.6 Å². The van der Waals surface area contributed by atoms with Gasteiger partial charge in [0.15, 0.2) is 0 Å². The number of hydrogen-bond acceptors (Lipinski definition) is 1. The van der Waals surface area contributed by atoms with E-state index in [0.717, 1.165) is 19.3 Å². The third-order valence-corrected chi connectivity index (χ3v) is 2.95. The molecule has 0 aliphatic heterocycles. The van der Waals surface area contributed by atoms with E-state index in [1.54, 1.807) is 18.2 Å². The molecule has 0 heterocycles. The summed E-state index contributed by atoms with van der Waals surface area (Å²) in [5.41, 5.74) is 0.602. The van der Waals surface area contributed by atoms with Gasteiger partial charge in [0.25, 0.3) is 0 Å². The fourth-order valence-electron chi connectivity index (χ4n) is 1.30. The van der Waals surface area contributed by atoms with Gasteiger partial charge < -0.3 is 10.6 Å². The van der Waals surface area contributed by atoms with Crippen LogP contribution in [-0.2, 0) is 0 Å². The normalized spacial score (nSPS) is 9.61. The molecule has 1 aromatic rings. The maximum absolute atomic E-state index is 11.5. The number of hydrogen-bond donors (Lipinski definition) is 2. The number of urea groups is 1. The van der Waals surface area contributed by atoms with Crippen molar-refractivity contribution in [1.82, 2.24) is 5.32 Å². The molecule has 5 heteroatoms. The number of anilines is 1. The Hall–Kier alpha value is -1.37. The highest BCUT2D eigenvalue weighted by atomic mass is 35.5. The fraction of sp³-hybridized carbons (Fsp3) is 0.308. The lowest BCUT2D eigenvalue weighted by atomic mass is 10.2. The van der Waals surface area contributed by atoms with Gasteiger partial charge in [0.2, 0.25) is 0 Å². The van der Waals surface area contributed by atoms with Crippen LogP contribution < -0.4 is 10.6 Å². The molecular weight excluding hydrogens is 271 g/mol. The summed E-state index contributed by atoms with van der Waals surface area (Å²) in [6, 6.07) is 4.65. The Morgan fingerprint density at radius 2 is 2.06 bits per heavy atom. The topological polar surface area (TPSA) is 41.1 Å². The lowest BCUT2D eigenvalue weighted by Gasteiger charge is -2.07. The number of nitrogens with one attached hydrogen (secondary N) is 2. The van der Waals surface area contributed by atoms with Crippen molar-refractivity contribution < 1.29 is 4.79 Å². The second kappa shape index (κ2) is 7.86. The van der Waals surface area contributed by atoms with Gasteiger partial charge in [0.1, 0.15) is 0 Å². The zero-order chi connectivity index (χ0) is 13.4. The molecule has 2 N–H and O–H groups in total. The van der Waals surface area contributed by atoms with Crippen molar-refractivity contribution in [2.24, 2.45) is 0 Å². The summed E-state index contributed by atoms with van der Waals surface area (Å²) < 4.78 is 0. The summed E-state index contributed by atoms with van der Waals surface area (Å²) in [5.74, 6) is 2.55. The lowest BCUT2D eigenvalue weighted by molar-refractivity contribution is 0.252. The second-order valence-corrected chi connectivity index (χ2v) is 4.49. The van der Waals surface area contributed by atoms with E-state index in [2.05, 4.69) is 16.6 Å². The van der Waals surface area contributed by atoms with Gasteiger partial charge in [-0.05, 0) is 31.0 Å². The largest absolute Gasteiger partial charge is 0.338 e. The van der Waals surface area contributed by atoms with Gasteiger partial charge in [-0.25, -0.2) is 4.79 Å². The quantitative estimate of drug-likeness (QED) is 0.625. The van der Waals surface area contributed by atoms with Crippen LogP contribution >= 0.6 is 23.2 Å². The van der Waals surface area contributed by atoms with E-state index < -0.39 is 0 Å². The zero-order valence-electron chi connectivity index (χ0n) is 9.80. The van der Waals surface area contributed by atoms with Crippen molar-refractivity contribution in [3.63, 3.8) is 0 Å². The molecule has 0 aliphatic rings. The molecule has 0 aliphatic carbocycles. The second-order valence-electron chi connectivity index (χ2n) is 3.67. The van der Waals surface area contributed by atoms with Crippen molar-refractivity contribution in [2.75, 3.05) is 11.9 Å². The van der Waals surface area contributed by atoms with E-state index in [1.807, 2.05) is 0 Å². The Morgan fingerprint density at radius 1 is 1.28 bits per heavy atom. The standard InChI is InChI=1S/C13H14Cl2N2O/c1-2-3-4-5-8-16-13(18)17-10-6-7-11(14)12(15)9-10/h1,6-7,9H,3-5,8H2,(H2,16,17,18). The van der Waals surface area contributed by atoms with Gasteiger partial charge in [-0.15, -0.1) is 12.3 Å². The molecule has 0 aromatic heterocycles. The summed E-state index contributed by atoms with van der Waals surface area (Å²) >= 11 is 11.6. The van der Waals surface area contributed by atoms with Crippen LogP contribution in [0.5, 0.6) is 0 Å². The number of terminal acetylenes is 1.